The maximum Gasteiger partial charge on any atom is 0.414 e. The number of nitrogens with zero attached hydrogens (tertiary/aromatic N) is 1. The molecule has 0 unspecified atom stereocenters. The van der Waals surface area contributed by atoms with Gasteiger partial charge in [0.15, 0.2) is 0 Å². The first-order valence-corrected chi connectivity index (χ1v) is 8.42. The molecule has 0 atom stereocenters. The van der Waals surface area contributed by atoms with Gasteiger partial charge in [-0.25, -0.2) is 4.79 Å². The summed E-state index contributed by atoms with van der Waals surface area (Å²) in [5.41, 5.74) is 4.51. The van der Waals surface area contributed by atoms with Crippen LogP contribution in [0.1, 0.15) is 11.1 Å². The van der Waals surface area contributed by atoms with E-state index in [1.165, 1.54) is 4.90 Å². The molecule has 26 heavy (non-hydrogen) atoms. The third-order valence-electron chi connectivity index (χ3n) is 4.16. The number of anilines is 1. The molecule has 3 aromatic carbocycles. The molecule has 0 aliphatic heterocycles. The quantitative estimate of drug-likeness (QED) is 0.733. The maximum absolute atomic E-state index is 12.3. The average Bonchev–Trinajstić information content (AvgIpc) is 2.72. The highest BCUT2D eigenvalue weighted by Gasteiger charge is 2.13. The van der Waals surface area contributed by atoms with Gasteiger partial charge in [0.1, 0.15) is 6.61 Å². The fourth-order valence-corrected chi connectivity index (χ4v) is 2.66. The van der Waals surface area contributed by atoms with Crippen molar-refractivity contribution in [3.8, 4) is 11.1 Å². The normalized spacial score (nSPS) is 10.4. The van der Waals surface area contributed by atoms with Gasteiger partial charge in [0.2, 0.25) is 0 Å². The predicted molar refractivity (Wildman–Crippen MR) is 103 cm³/mol. The van der Waals surface area contributed by atoms with Gasteiger partial charge < -0.3 is 9.84 Å². The molecule has 0 heterocycles. The highest BCUT2D eigenvalue weighted by Crippen LogP contribution is 2.25. The Bertz CT molecular complexity index is 877. The maximum atomic E-state index is 12.3. The van der Waals surface area contributed by atoms with Crippen molar-refractivity contribution in [3.05, 3.63) is 90.0 Å². The van der Waals surface area contributed by atoms with Crippen LogP contribution in [0.2, 0.25) is 0 Å². The van der Waals surface area contributed by atoms with Gasteiger partial charge in [-0.15, -0.1) is 0 Å². The van der Waals surface area contributed by atoms with E-state index in [0.717, 1.165) is 27.9 Å². The van der Waals surface area contributed by atoms with E-state index in [1.54, 1.807) is 7.05 Å². The van der Waals surface area contributed by atoms with E-state index in [9.17, 15) is 9.90 Å². The van der Waals surface area contributed by atoms with Gasteiger partial charge >= 0.3 is 6.09 Å². The van der Waals surface area contributed by atoms with Crippen LogP contribution in [0.25, 0.3) is 11.1 Å². The lowest BCUT2D eigenvalue weighted by atomic mass is 10.0. The Morgan fingerprint density at radius 1 is 0.885 bits per heavy atom. The molecule has 3 rings (SSSR count). The molecular weight excluding hydrogens is 326 g/mol. The molecular formula is C22H21NO3. The van der Waals surface area contributed by atoms with Crippen molar-refractivity contribution in [3.63, 3.8) is 0 Å². The largest absolute Gasteiger partial charge is 0.444 e. The van der Waals surface area contributed by atoms with E-state index >= 15 is 0 Å². The fourth-order valence-electron chi connectivity index (χ4n) is 2.66. The zero-order valence-electron chi connectivity index (χ0n) is 14.6. The second kappa shape index (κ2) is 8.32. The minimum absolute atomic E-state index is 0.000749. The number of benzene rings is 3. The number of amides is 1. The fraction of sp³-hybridized carbons (Fsp3) is 0.136. The van der Waals surface area contributed by atoms with Crippen LogP contribution in [-0.2, 0) is 18.0 Å². The number of rotatable bonds is 5. The lowest BCUT2D eigenvalue weighted by Crippen LogP contribution is -2.26. The summed E-state index contributed by atoms with van der Waals surface area (Å²) >= 11 is 0. The molecule has 0 spiro atoms. The zero-order valence-corrected chi connectivity index (χ0v) is 14.6. The number of hydrogen-bond donors (Lipinski definition) is 1. The predicted octanol–water partition coefficient (Wildman–Crippen LogP) is 4.62. The molecule has 0 saturated carbocycles. The number of aliphatic hydroxyl groups is 1. The summed E-state index contributed by atoms with van der Waals surface area (Å²) in [6.45, 7) is 0.238. The van der Waals surface area contributed by atoms with Crippen molar-refractivity contribution >= 4 is 11.8 Å². The molecule has 4 heteroatoms. The summed E-state index contributed by atoms with van der Waals surface area (Å²) in [6, 6.07) is 25.0. The summed E-state index contributed by atoms with van der Waals surface area (Å²) in [5.74, 6) is 0. The van der Waals surface area contributed by atoms with Gasteiger partial charge in [-0.3, -0.25) is 4.90 Å². The summed E-state index contributed by atoms with van der Waals surface area (Å²) in [5, 5.41) is 9.31. The topological polar surface area (TPSA) is 49.8 Å². The van der Waals surface area contributed by atoms with E-state index in [4.69, 9.17) is 4.74 Å². The number of aliphatic hydroxyl groups excluding tert-OH is 1. The van der Waals surface area contributed by atoms with Crippen molar-refractivity contribution in [2.75, 3.05) is 11.9 Å². The molecule has 132 valence electrons. The monoisotopic (exact) mass is 347 g/mol. The van der Waals surface area contributed by atoms with Gasteiger partial charge in [0.05, 0.1) is 6.61 Å². The Balaban J connectivity index is 1.73. The zero-order chi connectivity index (χ0) is 18.4. The van der Waals surface area contributed by atoms with Crippen LogP contribution in [0.4, 0.5) is 10.5 Å². The van der Waals surface area contributed by atoms with Gasteiger partial charge in [0, 0.05) is 12.7 Å². The lowest BCUT2D eigenvalue weighted by molar-refractivity contribution is 0.148. The summed E-state index contributed by atoms with van der Waals surface area (Å²) < 4.78 is 5.38. The van der Waals surface area contributed by atoms with Gasteiger partial charge in [0.25, 0.3) is 0 Å². The third kappa shape index (κ3) is 4.29. The van der Waals surface area contributed by atoms with Crippen LogP contribution in [0, 0.1) is 0 Å². The standard InChI is InChI=1S/C22H21NO3/c1-23(22(25)26-16-17-7-3-2-4-8-17)21-12-6-11-20(14-21)19-10-5-9-18(13-19)15-24/h2-14,24H,15-16H2,1H3. The van der Waals surface area contributed by atoms with Crippen LogP contribution >= 0.6 is 0 Å². The average molecular weight is 347 g/mol. The van der Waals surface area contributed by atoms with Crippen LogP contribution in [0.3, 0.4) is 0 Å². The first kappa shape index (κ1) is 17.7. The summed E-state index contributed by atoms with van der Waals surface area (Å²) in [6.07, 6.45) is -0.407. The van der Waals surface area contributed by atoms with E-state index in [2.05, 4.69) is 0 Å². The number of carbonyl (C=O) groups is 1. The molecule has 1 amide bonds. The minimum Gasteiger partial charge on any atom is -0.444 e. The van der Waals surface area contributed by atoms with Crippen LogP contribution in [0.15, 0.2) is 78.9 Å². The van der Waals surface area contributed by atoms with E-state index in [-0.39, 0.29) is 13.2 Å². The van der Waals surface area contributed by atoms with E-state index in [0.29, 0.717) is 0 Å². The Morgan fingerprint density at radius 3 is 2.27 bits per heavy atom. The van der Waals surface area contributed by atoms with Crippen molar-refractivity contribution in [1.29, 1.82) is 0 Å². The molecule has 0 saturated heterocycles. The molecule has 0 fully saturated rings. The molecule has 0 aromatic heterocycles. The molecule has 1 N–H and O–H groups in total. The van der Waals surface area contributed by atoms with Crippen molar-refractivity contribution < 1.29 is 14.6 Å². The molecule has 4 nitrogen and oxygen atoms in total. The van der Waals surface area contributed by atoms with E-state index < -0.39 is 6.09 Å². The molecule has 0 radical (unpaired) electrons. The summed E-state index contributed by atoms with van der Waals surface area (Å²) in [7, 11) is 1.69. The van der Waals surface area contributed by atoms with Crippen LogP contribution < -0.4 is 4.90 Å². The van der Waals surface area contributed by atoms with Gasteiger partial charge in [-0.2, -0.15) is 0 Å². The molecule has 0 aliphatic carbocycles. The van der Waals surface area contributed by atoms with Crippen molar-refractivity contribution in [1.82, 2.24) is 0 Å². The first-order valence-electron chi connectivity index (χ1n) is 8.42. The SMILES string of the molecule is CN(C(=O)OCc1ccccc1)c1cccc(-c2cccc(CO)c2)c1. The second-order valence-electron chi connectivity index (χ2n) is 6.01. The Morgan fingerprint density at radius 2 is 1.54 bits per heavy atom. The van der Waals surface area contributed by atoms with Crippen molar-refractivity contribution in [2.45, 2.75) is 13.2 Å². The summed E-state index contributed by atoms with van der Waals surface area (Å²) in [4.78, 5) is 13.8. The van der Waals surface area contributed by atoms with Crippen molar-refractivity contribution in [2.24, 2.45) is 0 Å². The number of ether oxygens (including phenoxy) is 1. The van der Waals surface area contributed by atoms with Crippen LogP contribution in [0.5, 0.6) is 0 Å². The number of hydrogen-bond acceptors (Lipinski definition) is 3. The molecule has 0 aliphatic rings. The minimum atomic E-state index is -0.407. The van der Waals surface area contributed by atoms with Gasteiger partial charge in [-0.05, 0) is 40.5 Å². The Labute approximate surface area is 153 Å². The highest BCUT2D eigenvalue weighted by molar-refractivity contribution is 5.88. The van der Waals surface area contributed by atoms with E-state index in [1.807, 2.05) is 78.9 Å². The smallest absolute Gasteiger partial charge is 0.414 e. The first-order chi connectivity index (χ1) is 12.7. The molecule has 0 bridgehead atoms. The molecule has 3 aromatic rings. The van der Waals surface area contributed by atoms with Crippen LogP contribution in [-0.4, -0.2) is 18.2 Å². The Kier molecular flexibility index (Phi) is 5.66. The second-order valence-corrected chi connectivity index (χ2v) is 6.01. The highest BCUT2D eigenvalue weighted by atomic mass is 16.6. The number of carbonyl (C=O) groups excluding carboxylic acids is 1. The Hall–Kier alpha value is -3.11. The lowest BCUT2D eigenvalue weighted by Gasteiger charge is -2.18. The van der Waals surface area contributed by atoms with Gasteiger partial charge in [-0.1, -0.05) is 60.7 Å². The third-order valence-corrected chi connectivity index (χ3v) is 4.16.